The van der Waals surface area contributed by atoms with E-state index in [1.165, 1.54) is 0 Å². The number of amides is 2. The zero-order valence-electron chi connectivity index (χ0n) is 9.55. The van der Waals surface area contributed by atoms with Gasteiger partial charge in [0.05, 0.1) is 11.6 Å². The Morgan fingerprint density at radius 3 is 1.88 bits per heavy atom. The molecule has 0 aliphatic carbocycles. The minimum Gasteiger partial charge on any atom is -0.326 e. The molecule has 16 heavy (non-hydrogen) atoms. The van der Waals surface area contributed by atoms with Crippen molar-refractivity contribution in [1.82, 2.24) is 9.80 Å². The summed E-state index contributed by atoms with van der Waals surface area (Å²) in [7, 11) is 3.62. The van der Waals surface area contributed by atoms with Crippen LogP contribution < -0.4 is 0 Å². The van der Waals surface area contributed by atoms with Crippen LogP contribution in [0.15, 0.2) is 30.3 Å². The van der Waals surface area contributed by atoms with Crippen LogP contribution >= 0.6 is 0 Å². The van der Waals surface area contributed by atoms with Gasteiger partial charge in [-0.05, 0) is 12.1 Å². The van der Waals surface area contributed by atoms with Crippen molar-refractivity contribution in [2.24, 2.45) is 0 Å². The van der Waals surface area contributed by atoms with Gasteiger partial charge in [0.1, 0.15) is 0 Å². The summed E-state index contributed by atoms with van der Waals surface area (Å²) in [6.45, 7) is 1.74. The second-order valence-electron chi connectivity index (χ2n) is 3.60. The molecule has 0 saturated carbocycles. The van der Waals surface area contributed by atoms with Crippen LogP contribution in [0, 0.1) is 11.3 Å². The molecule has 4 nitrogen and oxygen atoms in total. The van der Waals surface area contributed by atoms with E-state index in [0.717, 1.165) is 13.1 Å². The first-order valence-electron chi connectivity index (χ1n) is 5.06. The number of rotatable bonds is 0. The summed E-state index contributed by atoms with van der Waals surface area (Å²) in [6.07, 6.45) is 0. The molecular weight excluding hydrogens is 202 g/mol. The monoisotopic (exact) mass is 217 g/mol. The predicted molar refractivity (Wildman–Crippen MR) is 61.8 cm³/mol. The van der Waals surface area contributed by atoms with Gasteiger partial charge < -0.3 is 9.80 Å². The standard InChI is InChI=1S/C7H5N.C5H10N2O/c8-6-7-4-2-1-3-5-7;1-6-3-4-7(2)5(6)8/h1-5H;3-4H2,1-2H3. The molecule has 0 radical (unpaired) electrons. The highest BCUT2D eigenvalue weighted by atomic mass is 16.2. The quantitative estimate of drug-likeness (QED) is 0.661. The molecule has 0 aromatic heterocycles. The first-order chi connectivity index (χ1) is 7.65. The van der Waals surface area contributed by atoms with Crippen LogP contribution in [0.3, 0.4) is 0 Å². The average Bonchev–Trinajstić information content (AvgIpc) is 2.62. The van der Waals surface area contributed by atoms with Crippen molar-refractivity contribution in [2.45, 2.75) is 0 Å². The lowest BCUT2D eigenvalue weighted by molar-refractivity contribution is 0.205. The number of nitriles is 1. The Kier molecular flexibility index (Phi) is 4.34. The lowest BCUT2D eigenvalue weighted by atomic mass is 10.2. The molecular formula is C12H15N3O. The number of carbonyl (C=O) groups is 1. The Balaban J connectivity index is 0.000000160. The van der Waals surface area contributed by atoms with Crippen LogP contribution in [0.5, 0.6) is 0 Å². The van der Waals surface area contributed by atoms with Gasteiger partial charge in [-0.2, -0.15) is 5.26 Å². The summed E-state index contributed by atoms with van der Waals surface area (Å²) in [5.74, 6) is 0. The van der Waals surface area contributed by atoms with Gasteiger partial charge in [0, 0.05) is 27.2 Å². The fourth-order valence-corrected chi connectivity index (χ4v) is 1.30. The highest BCUT2D eigenvalue weighted by molar-refractivity contribution is 5.75. The van der Waals surface area contributed by atoms with Gasteiger partial charge >= 0.3 is 6.03 Å². The summed E-state index contributed by atoms with van der Waals surface area (Å²) < 4.78 is 0. The number of hydrogen-bond donors (Lipinski definition) is 0. The van der Waals surface area contributed by atoms with Crippen LogP contribution in [0.1, 0.15) is 5.56 Å². The molecule has 0 bridgehead atoms. The summed E-state index contributed by atoms with van der Waals surface area (Å²) in [5.41, 5.74) is 0.715. The van der Waals surface area contributed by atoms with Gasteiger partial charge in [0.15, 0.2) is 0 Å². The predicted octanol–water partition coefficient (Wildman–Crippen LogP) is 1.54. The van der Waals surface area contributed by atoms with Gasteiger partial charge in [0.25, 0.3) is 0 Å². The highest BCUT2D eigenvalue weighted by Gasteiger charge is 2.20. The second kappa shape index (κ2) is 5.76. The van der Waals surface area contributed by atoms with Crippen LogP contribution in [0.4, 0.5) is 4.79 Å². The lowest BCUT2D eigenvalue weighted by Gasteiger charge is -2.07. The molecule has 0 unspecified atom stereocenters. The Hall–Kier alpha value is -2.02. The Morgan fingerprint density at radius 2 is 1.62 bits per heavy atom. The summed E-state index contributed by atoms with van der Waals surface area (Å²) in [4.78, 5) is 14.2. The topological polar surface area (TPSA) is 47.3 Å². The Labute approximate surface area is 95.7 Å². The third-order valence-electron chi connectivity index (χ3n) is 2.33. The third-order valence-corrected chi connectivity index (χ3v) is 2.33. The maximum Gasteiger partial charge on any atom is 0.319 e. The molecule has 1 heterocycles. The van der Waals surface area contributed by atoms with Crippen molar-refractivity contribution < 1.29 is 4.79 Å². The molecule has 1 aliphatic rings. The van der Waals surface area contributed by atoms with E-state index >= 15 is 0 Å². The fourth-order valence-electron chi connectivity index (χ4n) is 1.30. The molecule has 0 atom stereocenters. The van der Waals surface area contributed by atoms with Crippen molar-refractivity contribution in [2.75, 3.05) is 27.2 Å². The summed E-state index contributed by atoms with van der Waals surface area (Å²) in [6, 6.07) is 11.3. The molecule has 0 spiro atoms. The van der Waals surface area contributed by atoms with E-state index < -0.39 is 0 Å². The minimum absolute atomic E-state index is 0.130. The van der Waals surface area contributed by atoms with Gasteiger partial charge in [-0.1, -0.05) is 18.2 Å². The molecule has 1 aromatic rings. The van der Waals surface area contributed by atoms with Crippen molar-refractivity contribution in [3.05, 3.63) is 35.9 Å². The molecule has 1 aromatic carbocycles. The SMILES string of the molecule is CN1CCN(C)C1=O.N#Cc1ccccc1. The summed E-state index contributed by atoms with van der Waals surface area (Å²) in [5, 5.41) is 8.29. The fraction of sp³-hybridized carbons (Fsp3) is 0.333. The van der Waals surface area contributed by atoms with Gasteiger partial charge in [0.2, 0.25) is 0 Å². The first kappa shape index (κ1) is 12.1. The normalized spacial score (nSPS) is 14.2. The first-order valence-corrected chi connectivity index (χ1v) is 5.06. The molecule has 1 fully saturated rings. The van der Waals surface area contributed by atoms with E-state index in [-0.39, 0.29) is 6.03 Å². The number of urea groups is 1. The zero-order chi connectivity index (χ0) is 12.0. The molecule has 2 amide bonds. The van der Waals surface area contributed by atoms with E-state index in [0.29, 0.717) is 5.56 Å². The maximum absolute atomic E-state index is 10.8. The van der Waals surface area contributed by atoms with E-state index in [9.17, 15) is 4.79 Å². The van der Waals surface area contributed by atoms with Crippen LogP contribution in [-0.4, -0.2) is 43.0 Å². The molecule has 4 heteroatoms. The minimum atomic E-state index is 0.130. The number of carbonyl (C=O) groups excluding carboxylic acids is 1. The third kappa shape index (κ3) is 3.28. The number of likely N-dealkylation sites (N-methyl/N-ethyl adjacent to an activating group) is 2. The van der Waals surface area contributed by atoms with E-state index in [4.69, 9.17) is 5.26 Å². The highest BCUT2D eigenvalue weighted by Crippen LogP contribution is 2.00. The van der Waals surface area contributed by atoms with Gasteiger partial charge in [-0.15, -0.1) is 0 Å². The Morgan fingerprint density at radius 1 is 1.12 bits per heavy atom. The molecule has 2 rings (SSSR count). The zero-order valence-corrected chi connectivity index (χ0v) is 9.55. The van der Waals surface area contributed by atoms with Crippen LogP contribution in [0.25, 0.3) is 0 Å². The van der Waals surface area contributed by atoms with E-state index in [2.05, 4.69) is 0 Å². The average molecular weight is 217 g/mol. The molecule has 0 N–H and O–H groups in total. The van der Waals surface area contributed by atoms with Crippen molar-refractivity contribution in [3.63, 3.8) is 0 Å². The van der Waals surface area contributed by atoms with Crippen molar-refractivity contribution >= 4 is 6.03 Å². The number of nitrogens with zero attached hydrogens (tertiary/aromatic N) is 3. The number of hydrogen-bond acceptors (Lipinski definition) is 2. The van der Waals surface area contributed by atoms with E-state index in [1.807, 2.05) is 38.4 Å². The molecule has 1 aliphatic heterocycles. The van der Waals surface area contributed by atoms with E-state index in [1.54, 1.807) is 21.9 Å². The smallest absolute Gasteiger partial charge is 0.319 e. The number of benzene rings is 1. The molecule has 1 saturated heterocycles. The Bertz CT molecular complexity index is 371. The molecule has 84 valence electrons. The van der Waals surface area contributed by atoms with Crippen molar-refractivity contribution in [1.29, 1.82) is 5.26 Å². The van der Waals surface area contributed by atoms with Crippen LogP contribution in [-0.2, 0) is 0 Å². The largest absolute Gasteiger partial charge is 0.326 e. The van der Waals surface area contributed by atoms with Gasteiger partial charge in [-0.25, -0.2) is 4.79 Å². The summed E-state index contributed by atoms with van der Waals surface area (Å²) >= 11 is 0. The van der Waals surface area contributed by atoms with Crippen molar-refractivity contribution in [3.8, 4) is 6.07 Å². The lowest BCUT2D eigenvalue weighted by Crippen LogP contribution is -2.25. The van der Waals surface area contributed by atoms with Crippen LogP contribution in [0.2, 0.25) is 0 Å². The second-order valence-corrected chi connectivity index (χ2v) is 3.60. The van der Waals surface area contributed by atoms with Gasteiger partial charge in [-0.3, -0.25) is 0 Å². The maximum atomic E-state index is 10.8.